The van der Waals surface area contributed by atoms with Crippen LogP contribution in [0.4, 0.5) is 0 Å². The number of methoxy groups -OCH3 is 1. The molecule has 4 nitrogen and oxygen atoms in total. The molecule has 0 saturated carbocycles. The minimum absolute atomic E-state index is 0.0668. The molecule has 0 heterocycles. The van der Waals surface area contributed by atoms with Crippen molar-refractivity contribution >= 4 is 11.9 Å². The summed E-state index contributed by atoms with van der Waals surface area (Å²) >= 11 is 0. The maximum absolute atomic E-state index is 11.1. The second-order valence-electron chi connectivity index (χ2n) is 12.4. The van der Waals surface area contributed by atoms with Gasteiger partial charge >= 0.3 is 11.9 Å². The highest BCUT2D eigenvalue weighted by Gasteiger charge is 2.00. The van der Waals surface area contributed by atoms with Crippen molar-refractivity contribution in [2.45, 2.75) is 212 Å². The van der Waals surface area contributed by atoms with E-state index in [0.717, 1.165) is 19.3 Å². The van der Waals surface area contributed by atoms with E-state index >= 15 is 0 Å². The molecule has 238 valence electrons. The summed E-state index contributed by atoms with van der Waals surface area (Å²) < 4.78 is 4.68. The van der Waals surface area contributed by atoms with Crippen molar-refractivity contribution in [3.8, 4) is 0 Å². The van der Waals surface area contributed by atoms with E-state index in [-0.39, 0.29) is 5.97 Å². The smallest absolute Gasteiger partial charge is 0.305 e. The first kappa shape index (κ1) is 38.9. The number of hydrogen-bond acceptors (Lipinski definition) is 3. The van der Waals surface area contributed by atoms with E-state index in [1.807, 2.05) is 0 Å². The van der Waals surface area contributed by atoms with Gasteiger partial charge in [-0.25, -0.2) is 0 Å². The van der Waals surface area contributed by atoms with E-state index < -0.39 is 5.97 Å². The monoisotopic (exact) mass is 567 g/mol. The van der Waals surface area contributed by atoms with Gasteiger partial charge in [-0.1, -0.05) is 186 Å². The minimum atomic E-state index is -0.653. The summed E-state index contributed by atoms with van der Waals surface area (Å²) in [6, 6.07) is 0. The van der Waals surface area contributed by atoms with Gasteiger partial charge in [0.05, 0.1) is 7.11 Å². The van der Waals surface area contributed by atoms with Crippen LogP contribution in [0.15, 0.2) is 0 Å². The van der Waals surface area contributed by atoms with Crippen LogP contribution >= 0.6 is 0 Å². The first-order chi connectivity index (χ1) is 19.7. The largest absolute Gasteiger partial charge is 0.481 e. The van der Waals surface area contributed by atoms with Gasteiger partial charge in [-0.05, 0) is 12.8 Å². The molecule has 0 radical (unpaired) electrons. The van der Waals surface area contributed by atoms with Crippen LogP contribution in [0.3, 0.4) is 0 Å². The van der Waals surface area contributed by atoms with Gasteiger partial charge < -0.3 is 9.84 Å². The van der Waals surface area contributed by atoms with Crippen LogP contribution in [0, 0.1) is 0 Å². The van der Waals surface area contributed by atoms with Gasteiger partial charge in [0, 0.05) is 12.8 Å². The van der Waals surface area contributed by atoms with Crippen molar-refractivity contribution < 1.29 is 19.4 Å². The van der Waals surface area contributed by atoms with Crippen LogP contribution in [0.5, 0.6) is 0 Å². The molecule has 0 rings (SSSR count). The summed E-state index contributed by atoms with van der Waals surface area (Å²) in [4.78, 5) is 21.5. The number of ether oxygens (including phenoxy) is 1. The van der Waals surface area contributed by atoms with Crippen molar-refractivity contribution in [2.24, 2.45) is 0 Å². The van der Waals surface area contributed by atoms with Gasteiger partial charge in [-0.2, -0.15) is 0 Å². The third-order valence-corrected chi connectivity index (χ3v) is 8.50. The van der Waals surface area contributed by atoms with Crippen LogP contribution in [0.25, 0.3) is 0 Å². The van der Waals surface area contributed by atoms with Crippen LogP contribution in [-0.2, 0) is 14.3 Å². The molecule has 0 spiro atoms. The number of carbonyl (C=O) groups excluding carboxylic acids is 1. The molecule has 0 aromatic rings. The SMILES string of the molecule is COC(=O)CCCCCCCCCCCCCCCCCCCCCCCCCCCCCCCCCC(=O)O. The fourth-order valence-corrected chi connectivity index (χ4v) is 5.77. The highest BCUT2D eigenvalue weighted by Crippen LogP contribution is 2.17. The van der Waals surface area contributed by atoms with Crippen molar-refractivity contribution in [1.82, 2.24) is 0 Å². The maximum atomic E-state index is 11.1. The van der Waals surface area contributed by atoms with E-state index in [1.54, 1.807) is 0 Å². The van der Waals surface area contributed by atoms with Crippen LogP contribution < -0.4 is 0 Å². The third kappa shape index (κ3) is 35.0. The van der Waals surface area contributed by atoms with Crippen molar-refractivity contribution in [3.63, 3.8) is 0 Å². The molecule has 0 unspecified atom stereocenters. The summed E-state index contributed by atoms with van der Waals surface area (Å²) in [6.45, 7) is 0. The highest BCUT2D eigenvalue weighted by molar-refractivity contribution is 5.69. The second-order valence-corrected chi connectivity index (χ2v) is 12.4. The molecule has 0 aliphatic rings. The Morgan fingerprint density at radius 2 is 0.525 bits per heavy atom. The highest BCUT2D eigenvalue weighted by atomic mass is 16.5. The number of rotatable bonds is 34. The first-order valence-electron chi connectivity index (χ1n) is 18.0. The Hall–Kier alpha value is -1.06. The molecule has 0 saturated heterocycles. The predicted octanol–water partition coefficient (Wildman–Crippen LogP) is 12.1. The van der Waals surface area contributed by atoms with Gasteiger partial charge in [0.1, 0.15) is 0 Å². The predicted molar refractivity (Wildman–Crippen MR) is 172 cm³/mol. The number of carboxylic acid groups (broad SMARTS) is 1. The van der Waals surface area contributed by atoms with Gasteiger partial charge in [-0.15, -0.1) is 0 Å². The van der Waals surface area contributed by atoms with Crippen LogP contribution in [-0.4, -0.2) is 24.2 Å². The quantitative estimate of drug-likeness (QED) is 0.0621. The Kier molecular flexibility index (Phi) is 33.2. The molecule has 1 N–H and O–H groups in total. The number of hydrogen-bond donors (Lipinski definition) is 1. The number of aliphatic carboxylic acids is 1. The maximum Gasteiger partial charge on any atom is 0.305 e. The topological polar surface area (TPSA) is 63.6 Å². The molecule has 0 amide bonds. The lowest BCUT2D eigenvalue weighted by molar-refractivity contribution is -0.141. The Balaban J connectivity index is 3.05. The van der Waals surface area contributed by atoms with Gasteiger partial charge in [0.25, 0.3) is 0 Å². The van der Waals surface area contributed by atoms with Crippen molar-refractivity contribution in [3.05, 3.63) is 0 Å². The molecule has 0 fully saturated rings. The van der Waals surface area contributed by atoms with Crippen molar-refractivity contribution in [2.75, 3.05) is 7.11 Å². The van der Waals surface area contributed by atoms with E-state index in [2.05, 4.69) is 4.74 Å². The van der Waals surface area contributed by atoms with E-state index in [0.29, 0.717) is 12.8 Å². The molecule has 0 atom stereocenters. The molecule has 0 aliphatic carbocycles. The van der Waals surface area contributed by atoms with E-state index in [9.17, 15) is 9.59 Å². The standard InChI is InChI=1S/C36H70O4/c1-40-36(39)34-32-30-28-26-24-22-20-18-16-14-12-10-8-6-4-2-3-5-7-9-11-13-15-17-19-21-23-25-27-29-31-33-35(37)38/h2-34H2,1H3,(H,37,38). The van der Waals surface area contributed by atoms with Crippen LogP contribution in [0.1, 0.15) is 212 Å². The second kappa shape index (κ2) is 34.1. The first-order valence-corrected chi connectivity index (χ1v) is 18.0. The molecular weight excluding hydrogens is 496 g/mol. The zero-order chi connectivity index (χ0) is 29.2. The summed E-state index contributed by atoms with van der Waals surface area (Å²) in [5.41, 5.74) is 0. The van der Waals surface area contributed by atoms with Gasteiger partial charge in [0.15, 0.2) is 0 Å². The lowest BCUT2D eigenvalue weighted by Crippen LogP contribution is -1.99. The Morgan fingerprint density at radius 3 is 0.700 bits per heavy atom. The molecule has 0 bridgehead atoms. The normalized spacial score (nSPS) is 11.2. The van der Waals surface area contributed by atoms with Gasteiger partial charge in [-0.3, -0.25) is 9.59 Å². The summed E-state index contributed by atoms with van der Waals surface area (Å²) in [5, 5.41) is 8.63. The molecule has 4 heteroatoms. The number of carbonyl (C=O) groups is 2. The minimum Gasteiger partial charge on any atom is -0.481 e. The molecule has 0 aromatic heterocycles. The fraction of sp³-hybridized carbons (Fsp3) is 0.944. The lowest BCUT2D eigenvalue weighted by atomic mass is 10.0. The number of esters is 1. The number of carboxylic acids is 1. The third-order valence-electron chi connectivity index (χ3n) is 8.50. The average Bonchev–Trinajstić information content (AvgIpc) is 2.95. The van der Waals surface area contributed by atoms with E-state index in [4.69, 9.17) is 5.11 Å². The molecule has 0 aromatic carbocycles. The van der Waals surface area contributed by atoms with E-state index in [1.165, 1.54) is 187 Å². The Labute approximate surface area is 250 Å². The summed E-state index contributed by atoms with van der Waals surface area (Å²) in [6.07, 6.45) is 42.7. The zero-order valence-corrected chi connectivity index (χ0v) is 27.0. The molecule has 40 heavy (non-hydrogen) atoms. The Morgan fingerprint density at radius 1 is 0.350 bits per heavy atom. The lowest BCUT2D eigenvalue weighted by Gasteiger charge is -2.05. The zero-order valence-electron chi connectivity index (χ0n) is 27.0. The van der Waals surface area contributed by atoms with Crippen LogP contribution in [0.2, 0.25) is 0 Å². The average molecular weight is 567 g/mol. The molecule has 0 aliphatic heterocycles. The number of unbranched alkanes of at least 4 members (excludes halogenated alkanes) is 30. The summed E-state index contributed by atoms with van der Waals surface area (Å²) in [7, 11) is 1.47. The van der Waals surface area contributed by atoms with Gasteiger partial charge in [0.2, 0.25) is 0 Å². The van der Waals surface area contributed by atoms with Crippen molar-refractivity contribution in [1.29, 1.82) is 0 Å². The fourth-order valence-electron chi connectivity index (χ4n) is 5.77. The summed E-state index contributed by atoms with van der Waals surface area (Å²) in [5.74, 6) is -0.720. The Bertz CT molecular complexity index is 519. The molecular formula is C36H70O4.